The Bertz CT molecular complexity index is 523. The van der Waals surface area contributed by atoms with Gasteiger partial charge in [-0.3, -0.25) is 0 Å². The molecule has 0 bridgehead atoms. The Labute approximate surface area is 95.2 Å². The van der Waals surface area contributed by atoms with Crippen molar-refractivity contribution in [1.29, 1.82) is 0 Å². The molecule has 2 heteroatoms. The van der Waals surface area contributed by atoms with Crippen LogP contribution >= 0.6 is 0 Å². The molecule has 2 rings (SSSR count). The second-order valence-electron chi connectivity index (χ2n) is 3.71. The summed E-state index contributed by atoms with van der Waals surface area (Å²) < 4.78 is 5.10. The number of benzene rings is 1. The summed E-state index contributed by atoms with van der Waals surface area (Å²) in [6, 6.07) is 9.20. The van der Waals surface area contributed by atoms with E-state index in [0.717, 1.165) is 5.39 Å². The molecule has 0 aliphatic carbocycles. The Kier molecular flexibility index (Phi) is 4.06. The number of hydrogen-bond donors (Lipinski definition) is 0. The van der Waals surface area contributed by atoms with Gasteiger partial charge in [0.05, 0.1) is 0 Å². The Balaban J connectivity index is 0.000000606. The van der Waals surface area contributed by atoms with Crippen LogP contribution in [-0.2, 0) is 0 Å². The summed E-state index contributed by atoms with van der Waals surface area (Å²) >= 11 is 0. The van der Waals surface area contributed by atoms with E-state index in [-0.39, 0.29) is 5.63 Å². The third-order valence-electron chi connectivity index (χ3n) is 2.31. The van der Waals surface area contributed by atoms with Gasteiger partial charge in [-0.2, -0.15) is 0 Å². The van der Waals surface area contributed by atoms with Crippen LogP contribution < -0.4 is 5.63 Å². The van der Waals surface area contributed by atoms with Crippen LogP contribution in [0.1, 0.15) is 25.3 Å². The highest BCUT2D eigenvalue weighted by Crippen LogP contribution is 2.19. The highest BCUT2D eigenvalue weighted by molar-refractivity contribution is 5.76. The molecule has 2 nitrogen and oxygen atoms in total. The molecule has 0 radical (unpaired) electrons. The van der Waals surface area contributed by atoms with Gasteiger partial charge in [0.25, 0.3) is 0 Å². The minimum Gasteiger partial charge on any atom is -0.423 e. The van der Waals surface area contributed by atoms with Crippen molar-refractivity contribution < 1.29 is 4.42 Å². The molecule has 0 amide bonds. The molecule has 2 aromatic rings. The predicted molar refractivity (Wildman–Crippen MR) is 67.8 cm³/mol. The van der Waals surface area contributed by atoms with Crippen molar-refractivity contribution in [3.8, 4) is 0 Å². The third-order valence-corrected chi connectivity index (χ3v) is 2.31. The first-order valence-corrected chi connectivity index (χ1v) is 5.20. The van der Waals surface area contributed by atoms with Gasteiger partial charge in [-0.05, 0) is 23.6 Å². The van der Waals surface area contributed by atoms with Gasteiger partial charge in [-0.1, -0.05) is 26.0 Å². The average molecular weight is 216 g/mol. The predicted octanol–water partition coefficient (Wildman–Crippen LogP) is 3.72. The van der Waals surface area contributed by atoms with E-state index in [2.05, 4.69) is 33.1 Å². The van der Waals surface area contributed by atoms with E-state index >= 15 is 0 Å². The molecule has 0 saturated heterocycles. The van der Waals surface area contributed by atoms with E-state index < -0.39 is 0 Å². The first-order valence-electron chi connectivity index (χ1n) is 5.20. The molecule has 0 atom stereocenters. The molecule has 1 aromatic carbocycles. The van der Waals surface area contributed by atoms with Gasteiger partial charge in [-0.15, -0.1) is 13.2 Å². The van der Waals surface area contributed by atoms with E-state index in [1.54, 1.807) is 6.07 Å². The molecule has 0 aliphatic rings. The van der Waals surface area contributed by atoms with Crippen LogP contribution in [-0.4, -0.2) is 0 Å². The smallest absolute Gasteiger partial charge is 0.336 e. The van der Waals surface area contributed by atoms with Crippen molar-refractivity contribution in [3.63, 3.8) is 0 Å². The highest BCUT2D eigenvalue weighted by Gasteiger charge is 2.02. The van der Waals surface area contributed by atoms with Crippen LogP contribution in [0.25, 0.3) is 11.0 Å². The molecule has 84 valence electrons. The Morgan fingerprint density at radius 2 is 1.75 bits per heavy atom. The van der Waals surface area contributed by atoms with Gasteiger partial charge in [0, 0.05) is 11.5 Å². The lowest BCUT2D eigenvalue weighted by molar-refractivity contribution is 0.560. The Hall–Kier alpha value is -1.83. The second-order valence-corrected chi connectivity index (χ2v) is 3.71. The quantitative estimate of drug-likeness (QED) is 0.537. The van der Waals surface area contributed by atoms with Crippen molar-refractivity contribution in [2.45, 2.75) is 19.8 Å². The van der Waals surface area contributed by atoms with Gasteiger partial charge in [0.2, 0.25) is 0 Å². The van der Waals surface area contributed by atoms with Gasteiger partial charge < -0.3 is 4.42 Å². The largest absolute Gasteiger partial charge is 0.423 e. The second kappa shape index (κ2) is 5.31. The fourth-order valence-electron chi connectivity index (χ4n) is 1.44. The van der Waals surface area contributed by atoms with Gasteiger partial charge in [0.1, 0.15) is 5.58 Å². The first-order chi connectivity index (χ1) is 7.66. The third kappa shape index (κ3) is 2.60. The molecule has 1 heterocycles. The fraction of sp³-hybridized carbons (Fsp3) is 0.214. The summed E-state index contributed by atoms with van der Waals surface area (Å²) in [7, 11) is 0. The monoisotopic (exact) mass is 216 g/mol. The summed E-state index contributed by atoms with van der Waals surface area (Å²) in [4.78, 5) is 11.0. The molecule has 1 aromatic heterocycles. The van der Waals surface area contributed by atoms with Crippen LogP contribution in [0.15, 0.2) is 52.7 Å². The minimum absolute atomic E-state index is 0.293. The van der Waals surface area contributed by atoms with E-state index in [4.69, 9.17) is 4.42 Å². The van der Waals surface area contributed by atoms with Gasteiger partial charge in [-0.25, -0.2) is 4.79 Å². The summed E-state index contributed by atoms with van der Waals surface area (Å²) in [5, 5.41) is 0.967. The molecular weight excluding hydrogens is 200 g/mol. The number of fused-ring (bicyclic) bond motifs is 1. The lowest BCUT2D eigenvalue weighted by atomic mass is 10.0. The maximum Gasteiger partial charge on any atom is 0.336 e. The van der Waals surface area contributed by atoms with Crippen molar-refractivity contribution in [2.75, 3.05) is 0 Å². The lowest BCUT2D eigenvalue weighted by Gasteiger charge is -2.05. The maximum absolute atomic E-state index is 11.0. The highest BCUT2D eigenvalue weighted by atomic mass is 16.4. The molecule has 0 N–H and O–H groups in total. The van der Waals surface area contributed by atoms with E-state index in [0.29, 0.717) is 11.5 Å². The molecule has 16 heavy (non-hydrogen) atoms. The van der Waals surface area contributed by atoms with Crippen molar-refractivity contribution in [3.05, 3.63) is 59.5 Å². The number of hydrogen-bond acceptors (Lipinski definition) is 2. The first kappa shape index (κ1) is 12.2. The van der Waals surface area contributed by atoms with Crippen LogP contribution in [0.5, 0.6) is 0 Å². The van der Waals surface area contributed by atoms with E-state index in [1.165, 1.54) is 11.6 Å². The maximum atomic E-state index is 11.0. The topological polar surface area (TPSA) is 30.2 Å². The summed E-state index contributed by atoms with van der Waals surface area (Å²) in [6.45, 7) is 10.2. The molecule has 0 saturated carbocycles. The SMILES string of the molecule is C=C.CC(C)c1ccc2ccc(=O)oc2c1. The zero-order valence-electron chi connectivity index (χ0n) is 9.69. The summed E-state index contributed by atoms with van der Waals surface area (Å²) in [5.41, 5.74) is 1.56. The molecule has 0 aliphatic heterocycles. The summed E-state index contributed by atoms with van der Waals surface area (Å²) in [5.74, 6) is 0.449. The zero-order valence-corrected chi connectivity index (χ0v) is 9.69. The van der Waals surface area contributed by atoms with E-state index in [1.807, 2.05) is 12.1 Å². The molecule has 0 spiro atoms. The average Bonchev–Trinajstić information content (AvgIpc) is 2.30. The number of rotatable bonds is 1. The normalized spacial score (nSPS) is 9.94. The molecular formula is C14H16O2. The van der Waals surface area contributed by atoms with Crippen LogP contribution in [0, 0.1) is 0 Å². The molecule has 0 unspecified atom stereocenters. The minimum atomic E-state index is -0.293. The Morgan fingerprint density at radius 1 is 1.12 bits per heavy atom. The lowest BCUT2D eigenvalue weighted by Crippen LogP contribution is -1.95. The van der Waals surface area contributed by atoms with Crippen LogP contribution in [0.4, 0.5) is 0 Å². The zero-order chi connectivity index (χ0) is 12.1. The van der Waals surface area contributed by atoms with Crippen molar-refractivity contribution in [2.24, 2.45) is 0 Å². The van der Waals surface area contributed by atoms with Crippen molar-refractivity contribution in [1.82, 2.24) is 0 Å². The molecule has 0 fully saturated rings. The van der Waals surface area contributed by atoms with Crippen LogP contribution in [0.3, 0.4) is 0 Å². The summed E-state index contributed by atoms with van der Waals surface area (Å²) in [6.07, 6.45) is 0. The van der Waals surface area contributed by atoms with Gasteiger partial charge in [0.15, 0.2) is 0 Å². The van der Waals surface area contributed by atoms with Gasteiger partial charge >= 0.3 is 5.63 Å². The standard InChI is InChI=1S/C12H12O2.C2H4/c1-8(2)10-4-3-9-5-6-12(13)14-11(9)7-10;1-2/h3-8H,1-2H3;1-2H2. The van der Waals surface area contributed by atoms with E-state index in [9.17, 15) is 4.79 Å². The van der Waals surface area contributed by atoms with Crippen molar-refractivity contribution >= 4 is 11.0 Å². The fourth-order valence-corrected chi connectivity index (χ4v) is 1.44. The Morgan fingerprint density at radius 3 is 2.38 bits per heavy atom. The van der Waals surface area contributed by atoms with Crippen LogP contribution in [0.2, 0.25) is 0 Å².